The lowest BCUT2D eigenvalue weighted by molar-refractivity contribution is 0.236. The molecule has 0 bridgehead atoms. The number of amides is 2. The van der Waals surface area contributed by atoms with Crippen LogP contribution < -0.4 is 15.4 Å². The maximum absolute atomic E-state index is 12.9. The molecule has 1 aromatic carbocycles. The predicted octanol–water partition coefficient (Wildman–Crippen LogP) is 2.75. The van der Waals surface area contributed by atoms with Crippen LogP contribution in [0.25, 0.3) is 0 Å². The van der Waals surface area contributed by atoms with Gasteiger partial charge < -0.3 is 15.4 Å². The van der Waals surface area contributed by atoms with Crippen molar-refractivity contribution in [2.24, 2.45) is 0 Å². The van der Waals surface area contributed by atoms with Crippen LogP contribution in [0.1, 0.15) is 5.56 Å². The summed E-state index contributed by atoms with van der Waals surface area (Å²) < 4.78 is 18.2. The molecule has 0 radical (unpaired) electrons. The van der Waals surface area contributed by atoms with Crippen molar-refractivity contribution in [2.75, 3.05) is 13.2 Å². The first kappa shape index (κ1) is 16.0. The average molecular weight is 324 g/mol. The summed E-state index contributed by atoms with van der Waals surface area (Å²) in [4.78, 5) is 15.5. The third kappa shape index (κ3) is 5.21. The highest BCUT2D eigenvalue weighted by atomic mass is 35.5. The van der Waals surface area contributed by atoms with E-state index in [1.54, 1.807) is 12.4 Å². The van der Waals surface area contributed by atoms with E-state index in [9.17, 15) is 9.18 Å². The number of benzene rings is 1. The Labute approximate surface area is 132 Å². The van der Waals surface area contributed by atoms with E-state index < -0.39 is 5.82 Å². The Balaban J connectivity index is 1.65. The van der Waals surface area contributed by atoms with E-state index in [2.05, 4.69) is 15.6 Å². The minimum absolute atomic E-state index is 0.196. The van der Waals surface area contributed by atoms with Crippen molar-refractivity contribution in [1.29, 1.82) is 0 Å². The number of ether oxygens (including phenoxy) is 1. The number of carbonyl (C=O) groups is 1. The quantitative estimate of drug-likeness (QED) is 0.803. The summed E-state index contributed by atoms with van der Waals surface area (Å²) in [6.45, 7) is 0.947. The molecule has 2 rings (SSSR count). The number of pyridine rings is 1. The lowest BCUT2D eigenvalue weighted by atomic mass is 10.3. The number of urea groups is 1. The SMILES string of the molecule is O=C(NCCOc1ccc(F)cc1Cl)NCc1ccncc1. The molecule has 2 aromatic rings. The fraction of sp³-hybridized carbons (Fsp3) is 0.200. The first-order valence-electron chi connectivity index (χ1n) is 6.63. The van der Waals surface area contributed by atoms with Crippen LogP contribution >= 0.6 is 11.6 Å². The highest BCUT2D eigenvalue weighted by Gasteiger charge is 2.04. The van der Waals surface area contributed by atoms with Crippen LogP contribution in [0.4, 0.5) is 9.18 Å². The Kier molecular flexibility index (Phi) is 5.97. The van der Waals surface area contributed by atoms with Crippen LogP contribution in [0.2, 0.25) is 5.02 Å². The van der Waals surface area contributed by atoms with Crippen molar-refractivity contribution in [3.8, 4) is 5.75 Å². The van der Waals surface area contributed by atoms with Gasteiger partial charge in [-0.2, -0.15) is 0 Å². The van der Waals surface area contributed by atoms with E-state index in [1.807, 2.05) is 12.1 Å². The highest BCUT2D eigenvalue weighted by molar-refractivity contribution is 6.32. The van der Waals surface area contributed by atoms with Crippen molar-refractivity contribution in [3.05, 3.63) is 59.1 Å². The number of halogens is 2. The molecular weight excluding hydrogens is 309 g/mol. The number of hydrogen-bond donors (Lipinski definition) is 2. The van der Waals surface area contributed by atoms with Crippen LogP contribution in [0.5, 0.6) is 5.75 Å². The third-order valence-electron chi connectivity index (χ3n) is 2.74. The van der Waals surface area contributed by atoms with E-state index in [-0.39, 0.29) is 17.7 Å². The van der Waals surface area contributed by atoms with Gasteiger partial charge in [-0.1, -0.05) is 11.6 Å². The molecule has 0 spiro atoms. The Morgan fingerprint density at radius 1 is 1.23 bits per heavy atom. The number of nitrogens with one attached hydrogen (secondary N) is 2. The molecule has 2 N–H and O–H groups in total. The van der Waals surface area contributed by atoms with Gasteiger partial charge in [-0.15, -0.1) is 0 Å². The molecule has 0 saturated carbocycles. The zero-order valence-corrected chi connectivity index (χ0v) is 12.4. The van der Waals surface area contributed by atoms with E-state index in [0.717, 1.165) is 5.56 Å². The second-order valence-electron chi connectivity index (χ2n) is 4.39. The van der Waals surface area contributed by atoms with Gasteiger partial charge in [-0.05, 0) is 35.9 Å². The van der Waals surface area contributed by atoms with E-state index in [1.165, 1.54) is 18.2 Å². The van der Waals surface area contributed by atoms with Gasteiger partial charge in [-0.25, -0.2) is 9.18 Å². The monoisotopic (exact) mass is 323 g/mol. The average Bonchev–Trinajstić information content (AvgIpc) is 2.52. The molecule has 5 nitrogen and oxygen atoms in total. The van der Waals surface area contributed by atoms with Crippen molar-refractivity contribution in [2.45, 2.75) is 6.54 Å². The summed E-state index contributed by atoms with van der Waals surface area (Å²) >= 11 is 5.82. The Morgan fingerprint density at radius 3 is 2.73 bits per heavy atom. The number of hydrogen-bond acceptors (Lipinski definition) is 3. The van der Waals surface area contributed by atoms with Gasteiger partial charge in [-0.3, -0.25) is 4.98 Å². The lowest BCUT2D eigenvalue weighted by Crippen LogP contribution is -2.37. The molecule has 116 valence electrons. The van der Waals surface area contributed by atoms with E-state index >= 15 is 0 Å². The molecule has 0 fully saturated rings. The molecule has 22 heavy (non-hydrogen) atoms. The van der Waals surface area contributed by atoms with Gasteiger partial charge in [0.1, 0.15) is 18.2 Å². The molecular formula is C15H15ClFN3O2. The van der Waals surface area contributed by atoms with Crippen molar-refractivity contribution >= 4 is 17.6 Å². The maximum Gasteiger partial charge on any atom is 0.315 e. The van der Waals surface area contributed by atoms with Crippen molar-refractivity contribution < 1.29 is 13.9 Å². The summed E-state index contributed by atoms with van der Waals surface area (Å²) in [6.07, 6.45) is 3.32. The molecule has 0 aliphatic rings. The summed E-state index contributed by atoms with van der Waals surface area (Å²) in [7, 11) is 0. The molecule has 0 aliphatic heterocycles. The van der Waals surface area contributed by atoms with Crippen LogP contribution in [-0.2, 0) is 6.54 Å². The van der Waals surface area contributed by atoms with Crippen LogP contribution in [0.15, 0.2) is 42.7 Å². The molecule has 0 atom stereocenters. The Morgan fingerprint density at radius 2 is 2.00 bits per heavy atom. The summed E-state index contributed by atoms with van der Waals surface area (Å²) in [6, 6.07) is 7.22. The first-order chi connectivity index (χ1) is 10.6. The maximum atomic E-state index is 12.9. The van der Waals surface area contributed by atoms with Gasteiger partial charge in [0.25, 0.3) is 0 Å². The summed E-state index contributed by atoms with van der Waals surface area (Å²) in [5.74, 6) is -0.0481. The number of aromatic nitrogens is 1. The fourth-order valence-electron chi connectivity index (χ4n) is 1.66. The fourth-order valence-corrected chi connectivity index (χ4v) is 1.89. The van der Waals surface area contributed by atoms with Gasteiger partial charge >= 0.3 is 6.03 Å². The zero-order valence-electron chi connectivity index (χ0n) is 11.7. The van der Waals surface area contributed by atoms with Crippen LogP contribution in [0.3, 0.4) is 0 Å². The lowest BCUT2D eigenvalue weighted by Gasteiger charge is -2.10. The highest BCUT2D eigenvalue weighted by Crippen LogP contribution is 2.24. The zero-order chi connectivity index (χ0) is 15.8. The molecule has 0 aliphatic carbocycles. The largest absolute Gasteiger partial charge is 0.490 e. The molecule has 0 unspecified atom stereocenters. The van der Waals surface area contributed by atoms with Gasteiger partial charge in [0.15, 0.2) is 0 Å². The molecule has 2 amide bonds. The molecule has 0 saturated heterocycles. The number of carbonyl (C=O) groups excluding carboxylic acids is 1. The molecule has 1 aromatic heterocycles. The van der Waals surface area contributed by atoms with E-state index in [4.69, 9.17) is 16.3 Å². The van der Waals surface area contributed by atoms with Gasteiger partial charge in [0.2, 0.25) is 0 Å². The van der Waals surface area contributed by atoms with Crippen molar-refractivity contribution in [1.82, 2.24) is 15.6 Å². The molecule has 1 heterocycles. The second kappa shape index (κ2) is 8.19. The first-order valence-corrected chi connectivity index (χ1v) is 7.01. The topological polar surface area (TPSA) is 63.2 Å². The minimum Gasteiger partial charge on any atom is -0.490 e. The number of nitrogens with zero attached hydrogens (tertiary/aromatic N) is 1. The molecule has 7 heteroatoms. The van der Waals surface area contributed by atoms with E-state index in [0.29, 0.717) is 18.8 Å². The van der Waals surface area contributed by atoms with Gasteiger partial charge in [0, 0.05) is 18.9 Å². The smallest absolute Gasteiger partial charge is 0.315 e. The van der Waals surface area contributed by atoms with Gasteiger partial charge in [0.05, 0.1) is 11.6 Å². The minimum atomic E-state index is -0.425. The number of rotatable bonds is 6. The van der Waals surface area contributed by atoms with Crippen molar-refractivity contribution in [3.63, 3.8) is 0 Å². The van der Waals surface area contributed by atoms with Crippen LogP contribution in [0, 0.1) is 5.82 Å². The third-order valence-corrected chi connectivity index (χ3v) is 3.04. The van der Waals surface area contributed by atoms with Crippen LogP contribution in [-0.4, -0.2) is 24.2 Å². The Hall–Kier alpha value is -2.34. The normalized spacial score (nSPS) is 10.1. The predicted molar refractivity (Wildman–Crippen MR) is 81.4 cm³/mol. The summed E-state index contributed by atoms with van der Waals surface area (Å²) in [5, 5.41) is 5.55. The standard InChI is InChI=1S/C15H15ClFN3O2/c16-13-9-12(17)1-2-14(13)22-8-7-19-15(21)20-10-11-3-5-18-6-4-11/h1-6,9H,7-8,10H2,(H2,19,20,21). The summed E-state index contributed by atoms with van der Waals surface area (Å²) in [5.41, 5.74) is 0.958. The second-order valence-corrected chi connectivity index (χ2v) is 4.80. The Bertz CT molecular complexity index is 625.